The highest BCUT2D eigenvalue weighted by Gasteiger charge is 2.34. The quantitative estimate of drug-likeness (QED) is 0.748. The topological polar surface area (TPSA) is 37.4 Å². The van der Waals surface area contributed by atoms with Gasteiger partial charge in [0.05, 0.1) is 17.0 Å². The smallest absolute Gasteiger partial charge is 0.233 e. The van der Waals surface area contributed by atoms with E-state index in [1.165, 1.54) is 0 Å². The van der Waals surface area contributed by atoms with Crippen LogP contribution in [-0.2, 0) is 4.79 Å². The van der Waals surface area contributed by atoms with Crippen molar-refractivity contribution in [3.05, 3.63) is 71.8 Å². The second-order valence-corrected chi connectivity index (χ2v) is 7.04. The fraction of sp³-hybridized carbons (Fsp3) is 0.300. The number of carbonyl (C=O) groups excluding carboxylic acids is 2. The van der Waals surface area contributed by atoms with Crippen molar-refractivity contribution in [3.63, 3.8) is 0 Å². The summed E-state index contributed by atoms with van der Waals surface area (Å²) in [6.45, 7) is 2.69. The number of carbonyl (C=O) groups is 2. The van der Waals surface area contributed by atoms with Crippen molar-refractivity contribution < 1.29 is 9.59 Å². The number of nitrogens with zero attached hydrogens (tertiary/aromatic N) is 1. The number of hydrogen-bond donors (Lipinski definition) is 0. The van der Waals surface area contributed by atoms with E-state index in [1.54, 1.807) is 11.8 Å². The van der Waals surface area contributed by atoms with Gasteiger partial charge in [-0.1, -0.05) is 60.7 Å². The van der Waals surface area contributed by atoms with Gasteiger partial charge in [0.2, 0.25) is 5.91 Å². The van der Waals surface area contributed by atoms with Gasteiger partial charge in [-0.15, -0.1) is 11.8 Å². The van der Waals surface area contributed by atoms with Crippen LogP contribution in [0.25, 0.3) is 0 Å². The van der Waals surface area contributed by atoms with Gasteiger partial charge in [-0.25, -0.2) is 0 Å². The number of Topliss-reactive ketones (excluding diaryl/α,β-unsaturated/α-hetero) is 1. The van der Waals surface area contributed by atoms with Crippen LogP contribution in [0.15, 0.2) is 60.7 Å². The molecular weight excluding hydrogens is 318 g/mol. The summed E-state index contributed by atoms with van der Waals surface area (Å²) in [5, 5.41) is 0.0698. The molecule has 3 rings (SSSR count). The van der Waals surface area contributed by atoms with E-state index < -0.39 is 0 Å². The van der Waals surface area contributed by atoms with Crippen LogP contribution in [0.2, 0.25) is 0 Å². The van der Waals surface area contributed by atoms with E-state index in [2.05, 4.69) is 0 Å². The average Bonchev–Trinajstić information content (AvgIpc) is 3.00. The summed E-state index contributed by atoms with van der Waals surface area (Å²) < 4.78 is 0. The predicted octanol–water partition coefficient (Wildman–Crippen LogP) is 3.96. The number of hydrogen-bond acceptors (Lipinski definition) is 3. The highest BCUT2D eigenvalue weighted by molar-refractivity contribution is 8.00. The molecular formula is C20H21NO2S. The van der Waals surface area contributed by atoms with E-state index in [0.29, 0.717) is 18.7 Å². The van der Waals surface area contributed by atoms with Crippen molar-refractivity contribution in [2.75, 3.05) is 12.3 Å². The Kier molecular flexibility index (Phi) is 5.36. The Morgan fingerprint density at radius 1 is 1.12 bits per heavy atom. The highest BCUT2D eigenvalue weighted by atomic mass is 32.2. The summed E-state index contributed by atoms with van der Waals surface area (Å²) in [6.07, 6.45) is 0.655. The van der Waals surface area contributed by atoms with Gasteiger partial charge in [0.15, 0.2) is 5.78 Å². The van der Waals surface area contributed by atoms with Crippen molar-refractivity contribution in [3.8, 4) is 0 Å². The molecule has 0 N–H and O–H groups in total. The molecule has 0 spiro atoms. The van der Waals surface area contributed by atoms with Crippen LogP contribution >= 0.6 is 11.8 Å². The Balaban J connectivity index is 1.89. The first kappa shape index (κ1) is 16.8. The van der Waals surface area contributed by atoms with Crippen LogP contribution in [0.4, 0.5) is 0 Å². The molecule has 1 aliphatic heterocycles. The molecule has 1 saturated heterocycles. The average molecular weight is 339 g/mol. The lowest BCUT2D eigenvalue weighted by Gasteiger charge is -2.26. The van der Waals surface area contributed by atoms with Crippen molar-refractivity contribution in [1.82, 2.24) is 4.90 Å². The molecule has 0 saturated carbocycles. The maximum atomic E-state index is 13.1. The molecule has 1 amide bonds. The SMILES string of the molecule is CCN1C(=O)CSC1CC(C(=O)c1ccccc1)c1ccccc1. The monoisotopic (exact) mass is 339 g/mol. The maximum Gasteiger partial charge on any atom is 0.233 e. The highest BCUT2D eigenvalue weighted by Crippen LogP contribution is 2.35. The molecule has 2 atom stereocenters. The zero-order valence-electron chi connectivity index (χ0n) is 13.7. The summed E-state index contributed by atoms with van der Waals surface area (Å²) in [7, 11) is 0. The fourth-order valence-electron chi connectivity index (χ4n) is 3.16. The molecule has 3 nitrogen and oxygen atoms in total. The number of thioether (sulfide) groups is 1. The number of amides is 1. The Morgan fingerprint density at radius 2 is 1.75 bits per heavy atom. The number of benzene rings is 2. The zero-order chi connectivity index (χ0) is 16.9. The van der Waals surface area contributed by atoms with Crippen LogP contribution in [0.3, 0.4) is 0 Å². The van der Waals surface area contributed by atoms with E-state index >= 15 is 0 Å². The molecule has 0 bridgehead atoms. The Hall–Kier alpha value is -2.07. The first-order valence-electron chi connectivity index (χ1n) is 8.26. The van der Waals surface area contributed by atoms with Crippen LogP contribution in [-0.4, -0.2) is 34.3 Å². The molecule has 1 aliphatic rings. The van der Waals surface area contributed by atoms with Gasteiger partial charge in [-0.05, 0) is 18.9 Å². The third kappa shape index (κ3) is 3.54. The predicted molar refractivity (Wildman–Crippen MR) is 98.2 cm³/mol. The molecule has 0 aliphatic carbocycles. The fourth-order valence-corrected chi connectivity index (χ4v) is 4.44. The van der Waals surface area contributed by atoms with Gasteiger partial charge in [0, 0.05) is 12.1 Å². The van der Waals surface area contributed by atoms with Gasteiger partial charge in [0.25, 0.3) is 0 Å². The normalized spacial score (nSPS) is 18.6. The van der Waals surface area contributed by atoms with Crippen molar-refractivity contribution >= 4 is 23.5 Å². The molecule has 0 aromatic heterocycles. The third-order valence-corrected chi connectivity index (χ3v) is 5.67. The molecule has 2 aromatic rings. The lowest BCUT2D eigenvalue weighted by molar-refractivity contribution is -0.127. The molecule has 2 aromatic carbocycles. The second-order valence-electron chi connectivity index (χ2n) is 5.87. The van der Waals surface area contributed by atoms with Gasteiger partial charge >= 0.3 is 0 Å². The minimum atomic E-state index is -0.231. The molecule has 124 valence electrons. The van der Waals surface area contributed by atoms with Crippen LogP contribution in [0.1, 0.15) is 35.2 Å². The number of rotatable bonds is 6. The van der Waals surface area contributed by atoms with Gasteiger partial charge < -0.3 is 4.90 Å². The summed E-state index contributed by atoms with van der Waals surface area (Å²) in [6, 6.07) is 19.3. The second kappa shape index (κ2) is 7.67. The van der Waals surface area contributed by atoms with Crippen molar-refractivity contribution in [2.45, 2.75) is 24.6 Å². The number of ketones is 1. The minimum absolute atomic E-state index is 0.0698. The first-order chi connectivity index (χ1) is 11.7. The standard InChI is InChI=1S/C20H21NO2S/c1-2-21-18(22)14-24-19(21)13-17(15-9-5-3-6-10-15)20(23)16-11-7-4-8-12-16/h3-12,17,19H,2,13-14H2,1H3. The first-order valence-corrected chi connectivity index (χ1v) is 9.31. The molecule has 1 heterocycles. The minimum Gasteiger partial charge on any atom is -0.330 e. The van der Waals surface area contributed by atoms with Gasteiger partial charge in [0.1, 0.15) is 0 Å². The van der Waals surface area contributed by atoms with Crippen LogP contribution in [0, 0.1) is 0 Å². The summed E-state index contributed by atoms with van der Waals surface area (Å²) >= 11 is 1.64. The third-order valence-electron chi connectivity index (χ3n) is 4.42. The molecule has 4 heteroatoms. The van der Waals surface area contributed by atoms with E-state index in [1.807, 2.05) is 72.5 Å². The van der Waals surface area contributed by atoms with Crippen LogP contribution < -0.4 is 0 Å². The van der Waals surface area contributed by atoms with E-state index in [-0.39, 0.29) is 23.0 Å². The van der Waals surface area contributed by atoms with E-state index in [0.717, 1.165) is 11.1 Å². The van der Waals surface area contributed by atoms with Crippen molar-refractivity contribution in [2.24, 2.45) is 0 Å². The molecule has 2 unspecified atom stereocenters. The van der Waals surface area contributed by atoms with E-state index in [9.17, 15) is 9.59 Å². The zero-order valence-corrected chi connectivity index (χ0v) is 14.5. The summed E-state index contributed by atoms with van der Waals surface area (Å²) in [5.41, 5.74) is 1.74. The summed E-state index contributed by atoms with van der Waals surface area (Å²) in [5.74, 6) is 0.579. The maximum absolute atomic E-state index is 13.1. The molecule has 24 heavy (non-hydrogen) atoms. The lowest BCUT2D eigenvalue weighted by atomic mass is 9.87. The molecule has 0 radical (unpaired) electrons. The van der Waals surface area contributed by atoms with Crippen molar-refractivity contribution in [1.29, 1.82) is 0 Å². The molecule has 1 fully saturated rings. The Labute approximate surface area is 147 Å². The van der Waals surface area contributed by atoms with Gasteiger partial charge in [-0.3, -0.25) is 9.59 Å². The largest absolute Gasteiger partial charge is 0.330 e. The Morgan fingerprint density at radius 3 is 2.38 bits per heavy atom. The summed E-state index contributed by atoms with van der Waals surface area (Å²) in [4.78, 5) is 27.0. The van der Waals surface area contributed by atoms with Crippen LogP contribution in [0.5, 0.6) is 0 Å². The van der Waals surface area contributed by atoms with Gasteiger partial charge in [-0.2, -0.15) is 0 Å². The lowest BCUT2D eigenvalue weighted by Crippen LogP contribution is -2.34. The van der Waals surface area contributed by atoms with E-state index in [4.69, 9.17) is 0 Å². The Bertz CT molecular complexity index is 702.